The van der Waals surface area contributed by atoms with Gasteiger partial charge in [-0.2, -0.15) is 13.2 Å². The smallest absolute Gasteiger partial charge is 0.376 e. The Morgan fingerprint density at radius 2 is 1.90 bits per heavy atom. The highest BCUT2D eigenvalue weighted by Gasteiger charge is 2.32. The van der Waals surface area contributed by atoms with Crippen LogP contribution in [0.1, 0.15) is 44.2 Å². The van der Waals surface area contributed by atoms with Gasteiger partial charge in [0, 0.05) is 12.7 Å². The summed E-state index contributed by atoms with van der Waals surface area (Å²) in [6.45, 7) is 0.849. The fraction of sp³-hybridized carbons (Fsp3) is 0.714. The van der Waals surface area contributed by atoms with Gasteiger partial charge in [-0.15, -0.1) is 0 Å². The van der Waals surface area contributed by atoms with Gasteiger partial charge in [-0.1, -0.05) is 25.7 Å². The molecule has 0 radical (unpaired) electrons. The number of hydrogen-bond donors (Lipinski definition) is 1. The van der Waals surface area contributed by atoms with Crippen molar-refractivity contribution in [2.75, 3.05) is 18.5 Å². The second-order valence-electron chi connectivity index (χ2n) is 5.17. The summed E-state index contributed by atoms with van der Waals surface area (Å²) in [6.07, 6.45) is 3.97. The van der Waals surface area contributed by atoms with Crippen LogP contribution in [0.4, 0.5) is 19.1 Å². The third kappa shape index (κ3) is 5.49. The SMILES string of the molecule is FC(F)(F)c1ccnc(NCCOC2CCCCCC2)n1. The molecule has 1 fully saturated rings. The molecule has 0 unspecified atom stereocenters. The first-order valence-electron chi connectivity index (χ1n) is 7.31. The number of rotatable bonds is 5. The van der Waals surface area contributed by atoms with E-state index in [1.54, 1.807) is 0 Å². The van der Waals surface area contributed by atoms with Crippen molar-refractivity contribution in [1.82, 2.24) is 9.97 Å². The summed E-state index contributed by atoms with van der Waals surface area (Å²) in [5.74, 6) is -0.0192. The van der Waals surface area contributed by atoms with Gasteiger partial charge in [0.2, 0.25) is 5.95 Å². The first-order chi connectivity index (χ1) is 10.1. The lowest BCUT2D eigenvalue weighted by molar-refractivity contribution is -0.141. The summed E-state index contributed by atoms with van der Waals surface area (Å²) in [5, 5.41) is 2.77. The molecule has 0 aliphatic heterocycles. The minimum Gasteiger partial charge on any atom is -0.376 e. The van der Waals surface area contributed by atoms with Crippen molar-refractivity contribution in [3.63, 3.8) is 0 Å². The van der Waals surface area contributed by atoms with E-state index in [2.05, 4.69) is 15.3 Å². The maximum absolute atomic E-state index is 12.5. The molecule has 0 amide bonds. The summed E-state index contributed by atoms with van der Waals surface area (Å²) in [5.41, 5.74) is -0.940. The van der Waals surface area contributed by atoms with Crippen LogP contribution >= 0.6 is 0 Å². The van der Waals surface area contributed by atoms with E-state index in [0.717, 1.165) is 25.1 Å². The maximum Gasteiger partial charge on any atom is 0.433 e. The topological polar surface area (TPSA) is 47.0 Å². The van der Waals surface area contributed by atoms with Crippen LogP contribution in [0.2, 0.25) is 0 Å². The fourth-order valence-electron chi connectivity index (χ4n) is 2.40. The number of alkyl halides is 3. The Bertz CT molecular complexity index is 432. The number of halogens is 3. The lowest BCUT2D eigenvalue weighted by Crippen LogP contribution is -2.19. The Morgan fingerprint density at radius 3 is 2.57 bits per heavy atom. The van der Waals surface area contributed by atoms with Crippen molar-refractivity contribution in [1.29, 1.82) is 0 Å². The normalized spacial score (nSPS) is 17.5. The lowest BCUT2D eigenvalue weighted by Gasteiger charge is -2.15. The molecule has 1 aromatic rings. The summed E-state index contributed by atoms with van der Waals surface area (Å²) in [4.78, 5) is 7.22. The zero-order chi connectivity index (χ0) is 15.1. The first kappa shape index (κ1) is 16.0. The van der Waals surface area contributed by atoms with Crippen LogP contribution in [-0.2, 0) is 10.9 Å². The van der Waals surface area contributed by atoms with Gasteiger partial charge in [0.1, 0.15) is 5.69 Å². The second-order valence-corrected chi connectivity index (χ2v) is 5.17. The molecule has 2 rings (SSSR count). The molecule has 0 bridgehead atoms. The highest BCUT2D eigenvalue weighted by atomic mass is 19.4. The van der Waals surface area contributed by atoms with E-state index >= 15 is 0 Å². The van der Waals surface area contributed by atoms with Gasteiger partial charge in [0.15, 0.2) is 0 Å². The van der Waals surface area contributed by atoms with Crippen molar-refractivity contribution in [3.05, 3.63) is 18.0 Å². The zero-order valence-electron chi connectivity index (χ0n) is 11.8. The fourth-order valence-corrected chi connectivity index (χ4v) is 2.40. The van der Waals surface area contributed by atoms with Crippen molar-refractivity contribution >= 4 is 5.95 Å². The Labute approximate surface area is 122 Å². The van der Waals surface area contributed by atoms with E-state index in [1.807, 2.05) is 0 Å². The molecule has 0 aromatic carbocycles. The van der Waals surface area contributed by atoms with Crippen LogP contribution in [0.15, 0.2) is 12.3 Å². The Balaban J connectivity index is 1.73. The molecule has 1 aromatic heterocycles. The van der Waals surface area contributed by atoms with Gasteiger partial charge < -0.3 is 10.1 Å². The number of nitrogens with one attached hydrogen (secondary N) is 1. The average Bonchev–Trinajstić information content (AvgIpc) is 2.72. The molecule has 4 nitrogen and oxygen atoms in total. The van der Waals surface area contributed by atoms with Crippen LogP contribution in [-0.4, -0.2) is 29.2 Å². The van der Waals surface area contributed by atoms with Crippen LogP contribution in [0.25, 0.3) is 0 Å². The van der Waals surface area contributed by atoms with E-state index < -0.39 is 11.9 Å². The van der Waals surface area contributed by atoms with E-state index in [9.17, 15) is 13.2 Å². The van der Waals surface area contributed by atoms with E-state index in [0.29, 0.717) is 13.2 Å². The largest absolute Gasteiger partial charge is 0.433 e. The third-order valence-corrected chi connectivity index (χ3v) is 3.49. The van der Waals surface area contributed by atoms with Gasteiger partial charge in [0.05, 0.1) is 12.7 Å². The minimum absolute atomic E-state index is 0.0192. The molecule has 21 heavy (non-hydrogen) atoms. The lowest BCUT2D eigenvalue weighted by atomic mass is 10.1. The van der Waals surface area contributed by atoms with Gasteiger partial charge >= 0.3 is 6.18 Å². The van der Waals surface area contributed by atoms with Crippen LogP contribution in [0.5, 0.6) is 0 Å². The summed E-state index contributed by atoms with van der Waals surface area (Å²) >= 11 is 0. The van der Waals surface area contributed by atoms with Gasteiger partial charge in [-0.25, -0.2) is 9.97 Å². The Morgan fingerprint density at radius 1 is 1.19 bits per heavy atom. The van der Waals surface area contributed by atoms with E-state index in [-0.39, 0.29) is 12.1 Å². The molecular formula is C14H20F3N3O. The molecule has 1 heterocycles. The number of aromatic nitrogens is 2. The van der Waals surface area contributed by atoms with Gasteiger partial charge in [-0.05, 0) is 18.9 Å². The average molecular weight is 303 g/mol. The number of anilines is 1. The molecular weight excluding hydrogens is 283 g/mol. The molecule has 0 spiro atoms. The second kappa shape index (κ2) is 7.59. The minimum atomic E-state index is -4.45. The first-order valence-corrected chi connectivity index (χ1v) is 7.31. The molecule has 0 saturated heterocycles. The van der Waals surface area contributed by atoms with E-state index in [4.69, 9.17) is 4.74 Å². The number of hydrogen-bond acceptors (Lipinski definition) is 4. The van der Waals surface area contributed by atoms with E-state index in [1.165, 1.54) is 25.7 Å². The molecule has 1 aliphatic carbocycles. The number of nitrogens with zero attached hydrogens (tertiary/aromatic N) is 2. The van der Waals surface area contributed by atoms with Crippen molar-refractivity contribution in [2.45, 2.75) is 50.8 Å². The Hall–Kier alpha value is -1.37. The highest BCUT2D eigenvalue weighted by molar-refractivity contribution is 5.25. The van der Waals surface area contributed by atoms with Crippen molar-refractivity contribution in [2.24, 2.45) is 0 Å². The maximum atomic E-state index is 12.5. The summed E-state index contributed by atoms with van der Waals surface area (Å²) in [6, 6.07) is 0.854. The number of ether oxygens (including phenoxy) is 1. The standard InChI is InChI=1S/C14H20F3N3O/c15-14(16,17)12-7-8-18-13(20-12)19-9-10-21-11-5-3-1-2-4-6-11/h7-8,11H,1-6,9-10H2,(H,18,19,20). The molecule has 1 saturated carbocycles. The van der Waals surface area contributed by atoms with Crippen molar-refractivity contribution in [3.8, 4) is 0 Å². The predicted molar refractivity (Wildman–Crippen MR) is 73.0 cm³/mol. The van der Waals surface area contributed by atoms with Crippen molar-refractivity contribution < 1.29 is 17.9 Å². The molecule has 1 N–H and O–H groups in total. The van der Waals surface area contributed by atoms with Crippen LogP contribution in [0.3, 0.4) is 0 Å². The van der Waals surface area contributed by atoms with Crippen LogP contribution < -0.4 is 5.32 Å². The molecule has 0 atom stereocenters. The molecule has 118 valence electrons. The summed E-state index contributed by atoms with van der Waals surface area (Å²) < 4.78 is 43.2. The summed E-state index contributed by atoms with van der Waals surface area (Å²) in [7, 11) is 0. The van der Waals surface area contributed by atoms with Crippen LogP contribution in [0, 0.1) is 0 Å². The van der Waals surface area contributed by atoms with Gasteiger partial charge in [-0.3, -0.25) is 0 Å². The predicted octanol–water partition coefficient (Wildman–Crippen LogP) is 3.65. The molecule has 1 aliphatic rings. The molecule has 7 heteroatoms. The monoisotopic (exact) mass is 303 g/mol. The quantitative estimate of drug-likeness (QED) is 0.666. The van der Waals surface area contributed by atoms with Gasteiger partial charge in [0.25, 0.3) is 0 Å². The third-order valence-electron chi connectivity index (χ3n) is 3.49. The zero-order valence-corrected chi connectivity index (χ0v) is 11.8. The highest BCUT2D eigenvalue weighted by Crippen LogP contribution is 2.27. The Kier molecular flexibility index (Phi) is 5.78.